The van der Waals surface area contributed by atoms with Gasteiger partial charge in [-0.15, -0.1) is 13.2 Å². The molecule has 2 aromatic carbocycles. The van der Waals surface area contributed by atoms with Crippen LogP contribution in [0.2, 0.25) is 0 Å². The average Bonchev–Trinajstić information content (AvgIpc) is 2.74. The fourth-order valence-corrected chi connectivity index (χ4v) is 4.08. The van der Waals surface area contributed by atoms with Gasteiger partial charge in [-0.1, -0.05) is 12.2 Å². The molecule has 2 aromatic rings. The maximum absolute atomic E-state index is 12.7. The second-order valence-electron chi connectivity index (χ2n) is 6.14. The van der Waals surface area contributed by atoms with Crippen molar-refractivity contribution in [2.45, 2.75) is 4.90 Å². The number of nitrogens with one attached hydrogen (secondary N) is 2. The minimum Gasteiger partial charge on any atom is -0.332 e. The maximum Gasteiger partial charge on any atom is 0.269 e. The Morgan fingerprint density at radius 3 is 2.10 bits per heavy atom. The van der Waals surface area contributed by atoms with Crippen molar-refractivity contribution >= 4 is 44.6 Å². The third kappa shape index (κ3) is 6.28. The number of non-ortho nitro benzene ring substituents is 1. The number of anilines is 1. The Labute approximate surface area is 185 Å². The molecule has 0 aromatic heterocycles. The number of nitro benzene ring substituents is 1. The van der Waals surface area contributed by atoms with E-state index < -0.39 is 20.9 Å². The number of rotatable bonds is 9. The molecule has 2 rings (SSSR count). The van der Waals surface area contributed by atoms with Crippen LogP contribution in [0.1, 0.15) is 10.4 Å². The number of hydrogen-bond donors (Lipinski definition) is 2. The smallest absolute Gasteiger partial charge is 0.269 e. The van der Waals surface area contributed by atoms with Crippen molar-refractivity contribution < 1.29 is 18.1 Å². The van der Waals surface area contributed by atoms with Crippen molar-refractivity contribution in [1.82, 2.24) is 9.62 Å². The Morgan fingerprint density at radius 1 is 1.06 bits per heavy atom. The first-order chi connectivity index (χ1) is 14.7. The molecule has 0 heterocycles. The number of carbonyl (C=O) groups is 1. The molecule has 0 bridgehead atoms. The van der Waals surface area contributed by atoms with Gasteiger partial charge in [-0.2, -0.15) is 4.31 Å². The number of thiocarbonyl (C=S) groups is 1. The van der Waals surface area contributed by atoms with Gasteiger partial charge in [-0.3, -0.25) is 20.2 Å². The summed E-state index contributed by atoms with van der Waals surface area (Å²) in [6.45, 7) is 7.42. The lowest BCUT2D eigenvalue weighted by Gasteiger charge is -2.19. The predicted octanol–water partition coefficient (Wildman–Crippen LogP) is 3.08. The third-order valence-corrected chi connectivity index (χ3v) is 6.03. The minimum atomic E-state index is -3.72. The van der Waals surface area contributed by atoms with Crippen LogP contribution in [0.3, 0.4) is 0 Å². The highest BCUT2D eigenvalue weighted by atomic mass is 32.2. The van der Waals surface area contributed by atoms with Gasteiger partial charge in [0, 0.05) is 36.5 Å². The van der Waals surface area contributed by atoms with E-state index >= 15 is 0 Å². The predicted molar refractivity (Wildman–Crippen MR) is 122 cm³/mol. The molecule has 11 heteroatoms. The Hall–Kier alpha value is -3.41. The summed E-state index contributed by atoms with van der Waals surface area (Å²) in [6.07, 6.45) is 2.98. The van der Waals surface area contributed by atoms with Gasteiger partial charge in [-0.25, -0.2) is 8.42 Å². The summed E-state index contributed by atoms with van der Waals surface area (Å²) in [5.41, 5.74) is 0.528. The highest BCUT2D eigenvalue weighted by Crippen LogP contribution is 2.19. The second-order valence-corrected chi connectivity index (χ2v) is 8.48. The molecule has 0 atom stereocenters. The Kier molecular flexibility index (Phi) is 8.14. The lowest BCUT2D eigenvalue weighted by atomic mass is 10.2. The molecule has 162 valence electrons. The van der Waals surface area contributed by atoms with Gasteiger partial charge in [0.05, 0.1) is 9.82 Å². The van der Waals surface area contributed by atoms with E-state index in [4.69, 9.17) is 12.2 Å². The largest absolute Gasteiger partial charge is 0.332 e. The van der Waals surface area contributed by atoms with E-state index in [0.29, 0.717) is 5.69 Å². The summed E-state index contributed by atoms with van der Waals surface area (Å²) >= 11 is 5.10. The van der Waals surface area contributed by atoms with Crippen molar-refractivity contribution in [3.63, 3.8) is 0 Å². The van der Waals surface area contributed by atoms with Crippen LogP contribution in [0.4, 0.5) is 11.4 Å². The van der Waals surface area contributed by atoms with Crippen LogP contribution < -0.4 is 10.6 Å². The zero-order valence-electron chi connectivity index (χ0n) is 16.4. The quantitative estimate of drug-likeness (QED) is 0.255. The molecule has 0 radical (unpaired) electrons. The zero-order chi connectivity index (χ0) is 23.0. The fourth-order valence-electron chi connectivity index (χ4n) is 2.49. The topological polar surface area (TPSA) is 122 Å². The van der Waals surface area contributed by atoms with E-state index in [1.807, 2.05) is 0 Å². The molecule has 0 fully saturated rings. The Balaban J connectivity index is 2.04. The van der Waals surface area contributed by atoms with Gasteiger partial charge in [0.2, 0.25) is 10.0 Å². The van der Waals surface area contributed by atoms with Crippen molar-refractivity contribution in [1.29, 1.82) is 0 Å². The molecule has 0 unspecified atom stereocenters. The van der Waals surface area contributed by atoms with Crippen molar-refractivity contribution in [3.05, 3.63) is 89.5 Å². The molecule has 0 aliphatic rings. The van der Waals surface area contributed by atoms with Crippen molar-refractivity contribution in [2.75, 3.05) is 18.4 Å². The summed E-state index contributed by atoms with van der Waals surface area (Å²) in [7, 11) is -3.72. The normalized spacial score (nSPS) is 10.9. The molecule has 0 aliphatic heterocycles. The number of amides is 1. The molecule has 1 amide bonds. The molecule has 0 aliphatic carbocycles. The molecule has 0 spiro atoms. The number of nitro groups is 1. The lowest BCUT2D eigenvalue weighted by Crippen LogP contribution is -2.34. The van der Waals surface area contributed by atoms with Crippen LogP contribution in [0.25, 0.3) is 0 Å². The molecule has 0 saturated heterocycles. The number of nitrogens with zero attached hydrogens (tertiary/aromatic N) is 2. The third-order valence-electron chi connectivity index (χ3n) is 3.98. The van der Waals surface area contributed by atoms with Crippen LogP contribution in [0.5, 0.6) is 0 Å². The Bertz CT molecular complexity index is 1090. The second kappa shape index (κ2) is 10.6. The molecule has 2 N–H and O–H groups in total. The first-order valence-corrected chi connectivity index (χ1v) is 10.7. The van der Waals surface area contributed by atoms with E-state index in [1.165, 1.54) is 65.0 Å². The molecule has 31 heavy (non-hydrogen) atoms. The molecule has 9 nitrogen and oxygen atoms in total. The van der Waals surface area contributed by atoms with E-state index in [9.17, 15) is 23.3 Å². The van der Waals surface area contributed by atoms with Gasteiger partial charge in [-0.05, 0) is 48.6 Å². The monoisotopic (exact) mass is 460 g/mol. The number of benzene rings is 2. The lowest BCUT2D eigenvalue weighted by molar-refractivity contribution is -0.384. The molecule has 0 saturated carbocycles. The summed E-state index contributed by atoms with van der Waals surface area (Å²) in [4.78, 5) is 22.4. The number of hydrogen-bond acceptors (Lipinski definition) is 6. The van der Waals surface area contributed by atoms with Crippen LogP contribution in [0, 0.1) is 10.1 Å². The van der Waals surface area contributed by atoms with Crippen LogP contribution in [-0.4, -0.2) is 41.8 Å². The molecular weight excluding hydrogens is 440 g/mol. The van der Waals surface area contributed by atoms with Crippen molar-refractivity contribution in [3.8, 4) is 0 Å². The van der Waals surface area contributed by atoms with Gasteiger partial charge < -0.3 is 5.32 Å². The fraction of sp³-hybridized carbons (Fsp3) is 0.100. The van der Waals surface area contributed by atoms with Gasteiger partial charge in [0.1, 0.15) is 0 Å². The summed E-state index contributed by atoms with van der Waals surface area (Å²) in [6, 6.07) is 10.9. The van der Waals surface area contributed by atoms with Crippen LogP contribution in [-0.2, 0) is 10.0 Å². The highest BCUT2D eigenvalue weighted by molar-refractivity contribution is 7.89. The summed E-state index contributed by atoms with van der Waals surface area (Å²) < 4.78 is 26.6. The van der Waals surface area contributed by atoms with E-state index in [1.54, 1.807) is 0 Å². The maximum atomic E-state index is 12.7. The Morgan fingerprint density at radius 2 is 1.61 bits per heavy atom. The highest BCUT2D eigenvalue weighted by Gasteiger charge is 2.22. The summed E-state index contributed by atoms with van der Waals surface area (Å²) in [5, 5.41) is 15.9. The van der Waals surface area contributed by atoms with Gasteiger partial charge in [0.25, 0.3) is 11.6 Å². The van der Waals surface area contributed by atoms with E-state index in [0.717, 1.165) is 0 Å². The molecular formula is C20H20N4O5S2. The SMILES string of the molecule is C=CCN(CC=C)S(=O)(=O)c1ccc(NC(=S)NC(=O)c2ccc([N+](=O)[O-])cc2)cc1. The van der Waals surface area contributed by atoms with Crippen molar-refractivity contribution in [2.24, 2.45) is 0 Å². The zero-order valence-corrected chi connectivity index (χ0v) is 18.0. The first-order valence-electron chi connectivity index (χ1n) is 8.88. The van der Waals surface area contributed by atoms with Gasteiger partial charge in [0.15, 0.2) is 5.11 Å². The average molecular weight is 461 g/mol. The van der Waals surface area contributed by atoms with E-state index in [2.05, 4.69) is 23.8 Å². The van der Waals surface area contributed by atoms with Gasteiger partial charge >= 0.3 is 0 Å². The van der Waals surface area contributed by atoms with E-state index in [-0.39, 0.29) is 34.3 Å². The minimum absolute atomic E-state index is 0.0149. The number of sulfonamides is 1. The standard InChI is InChI=1S/C20H20N4O5S2/c1-3-13-23(14-4-2)31(28,29)18-11-7-16(8-12-18)21-20(30)22-19(25)15-5-9-17(10-6-15)24(26)27/h3-12H,1-2,13-14H2,(H2,21,22,25,30). The summed E-state index contributed by atoms with van der Waals surface area (Å²) in [5.74, 6) is -0.545. The van der Waals surface area contributed by atoms with Crippen LogP contribution >= 0.6 is 12.2 Å². The number of carbonyl (C=O) groups excluding carboxylic acids is 1. The first kappa shape index (κ1) is 23.9. The van der Waals surface area contributed by atoms with Crippen LogP contribution in [0.15, 0.2) is 78.7 Å².